The fourth-order valence-electron chi connectivity index (χ4n) is 7.44. The zero-order valence-corrected chi connectivity index (χ0v) is 19.7. The summed E-state index contributed by atoms with van der Waals surface area (Å²) in [7, 11) is 0. The van der Waals surface area contributed by atoms with Crippen LogP contribution in [0.5, 0.6) is 0 Å². The van der Waals surface area contributed by atoms with Crippen LogP contribution < -0.4 is 0 Å². The summed E-state index contributed by atoms with van der Waals surface area (Å²) in [5, 5.41) is 11.5. The van der Waals surface area contributed by atoms with Gasteiger partial charge >= 0.3 is 5.97 Å². The highest BCUT2D eigenvalue weighted by molar-refractivity contribution is 6.26. The van der Waals surface area contributed by atoms with Crippen molar-refractivity contribution >= 4 is 29.1 Å². The first-order valence-electron chi connectivity index (χ1n) is 11.6. The van der Waals surface area contributed by atoms with E-state index in [-0.39, 0.29) is 36.9 Å². The number of ether oxygens (including phenoxy) is 1. The summed E-state index contributed by atoms with van der Waals surface area (Å²) in [6.45, 7) is 4.44. The average Bonchev–Trinajstić information content (AvgIpc) is 3.02. The molecule has 4 rings (SSSR count). The van der Waals surface area contributed by atoms with Gasteiger partial charge in [0.05, 0.1) is 11.0 Å². The van der Waals surface area contributed by atoms with E-state index < -0.39 is 45.8 Å². The zero-order valence-electron chi connectivity index (χ0n) is 19.0. The van der Waals surface area contributed by atoms with Crippen LogP contribution >= 0.6 is 11.6 Å². The van der Waals surface area contributed by atoms with Crippen LogP contribution in [-0.4, -0.2) is 45.9 Å². The van der Waals surface area contributed by atoms with E-state index in [9.17, 15) is 23.9 Å². The second-order valence-electron chi connectivity index (χ2n) is 10.4. The summed E-state index contributed by atoms with van der Waals surface area (Å²) in [6, 6.07) is 0. The van der Waals surface area contributed by atoms with Gasteiger partial charge in [-0.15, -0.1) is 11.6 Å². The molecule has 0 heterocycles. The Kier molecular flexibility index (Phi) is 5.73. The molecule has 0 amide bonds. The number of Topliss-reactive ketones (excluding diaryl/α,β-unsaturated/α-hetero) is 1. The van der Waals surface area contributed by atoms with Crippen molar-refractivity contribution < 1.29 is 28.6 Å². The maximum Gasteiger partial charge on any atom is 0.306 e. The molecule has 0 aromatic carbocycles. The minimum Gasteiger partial charge on any atom is -0.450 e. The molecule has 0 saturated heterocycles. The van der Waals surface area contributed by atoms with Crippen LogP contribution in [0.3, 0.4) is 0 Å². The highest BCUT2D eigenvalue weighted by Crippen LogP contribution is 2.71. The molecule has 0 aliphatic heterocycles. The summed E-state index contributed by atoms with van der Waals surface area (Å²) in [6.07, 6.45) is 6.84. The molecule has 32 heavy (non-hydrogen) atoms. The first kappa shape index (κ1) is 23.6. The number of fused-ring (bicyclic) bond motifs is 5. The van der Waals surface area contributed by atoms with Gasteiger partial charge in [-0.25, -0.2) is 4.39 Å². The number of aliphatic hydroxyl groups excluding tert-OH is 1. The van der Waals surface area contributed by atoms with E-state index in [1.54, 1.807) is 6.08 Å². The Bertz CT molecular complexity index is 914. The van der Waals surface area contributed by atoms with Crippen LogP contribution in [0.15, 0.2) is 23.8 Å². The third-order valence-corrected chi connectivity index (χ3v) is 10.00. The Labute approximate surface area is 193 Å². The smallest absolute Gasteiger partial charge is 0.306 e. The highest BCUT2D eigenvalue weighted by atomic mass is 35.5. The number of allylic oxidation sites excluding steroid dienone is 4. The number of rotatable bonds is 5. The monoisotopic (exact) mass is 466 g/mol. The Balaban J connectivity index is 1.79. The van der Waals surface area contributed by atoms with Crippen molar-refractivity contribution in [1.29, 1.82) is 0 Å². The lowest BCUT2D eigenvalue weighted by Gasteiger charge is -2.64. The average molecular weight is 467 g/mol. The van der Waals surface area contributed by atoms with E-state index in [0.717, 1.165) is 5.57 Å². The molecule has 0 spiro atoms. The first-order valence-corrected chi connectivity index (χ1v) is 12.0. The van der Waals surface area contributed by atoms with Crippen molar-refractivity contribution in [1.82, 2.24) is 0 Å². The zero-order chi connectivity index (χ0) is 23.5. The molecule has 0 bridgehead atoms. The topological polar surface area (TPSA) is 80.7 Å². The summed E-state index contributed by atoms with van der Waals surface area (Å²) in [5.41, 5.74) is -2.31. The van der Waals surface area contributed by atoms with Crippen molar-refractivity contribution in [3.05, 3.63) is 23.8 Å². The molecule has 5 nitrogen and oxygen atoms in total. The van der Waals surface area contributed by atoms with Crippen LogP contribution in [0, 0.1) is 22.7 Å². The van der Waals surface area contributed by atoms with Crippen LogP contribution in [0.4, 0.5) is 4.39 Å². The molecule has 3 fully saturated rings. The van der Waals surface area contributed by atoms with E-state index in [2.05, 4.69) is 0 Å². The van der Waals surface area contributed by atoms with Crippen LogP contribution in [0.2, 0.25) is 0 Å². The summed E-state index contributed by atoms with van der Waals surface area (Å²) in [5.74, 6) is -1.63. The number of alkyl halides is 2. The fraction of sp³-hybridized carbons (Fsp3) is 0.720. The van der Waals surface area contributed by atoms with E-state index in [1.165, 1.54) is 6.08 Å². The van der Waals surface area contributed by atoms with Gasteiger partial charge in [0.15, 0.2) is 18.1 Å². The molecule has 0 aromatic rings. The number of hydrogen-bond donors (Lipinski definition) is 1. The molecule has 7 heteroatoms. The number of hydrogen-bond acceptors (Lipinski definition) is 5. The minimum atomic E-state index is -1.59. The Morgan fingerprint density at radius 3 is 2.66 bits per heavy atom. The fourth-order valence-corrected chi connectivity index (χ4v) is 7.96. The van der Waals surface area contributed by atoms with Gasteiger partial charge in [0.25, 0.3) is 0 Å². The lowest BCUT2D eigenvalue weighted by molar-refractivity contribution is -0.196. The minimum absolute atomic E-state index is 0.0809. The van der Waals surface area contributed by atoms with E-state index in [4.69, 9.17) is 16.3 Å². The van der Waals surface area contributed by atoms with Gasteiger partial charge in [0.2, 0.25) is 5.78 Å². The van der Waals surface area contributed by atoms with E-state index in [0.29, 0.717) is 25.7 Å². The number of ketones is 2. The van der Waals surface area contributed by atoms with Gasteiger partial charge in [0.1, 0.15) is 0 Å². The van der Waals surface area contributed by atoms with E-state index >= 15 is 0 Å². The van der Waals surface area contributed by atoms with Crippen molar-refractivity contribution in [2.45, 2.75) is 82.3 Å². The van der Waals surface area contributed by atoms with Gasteiger partial charge in [-0.1, -0.05) is 32.4 Å². The quantitative estimate of drug-likeness (QED) is 0.484. The van der Waals surface area contributed by atoms with Crippen molar-refractivity contribution in [3.63, 3.8) is 0 Å². The molecule has 176 valence electrons. The van der Waals surface area contributed by atoms with Gasteiger partial charge in [-0.3, -0.25) is 14.4 Å². The Hall–Kier alpha value is -1.53. The second-order valence-corrected chi connectivity index (χ2v) is 11.0. The molecule has 4 aliphatic carbocycles. The summed E-state index contributed by atoms with van der Waals surface area (Å²) in [4.78, 5) is 36.4. The van der Waals surface area contributed by atoms with Gasteiger partial charge < -0.3 is 9.84 Å². The predicted molar refractivity (Wildman–Crippen MR) is 118 cm³/mol. The van der Waals surface area contributed by atoms with Gasteiger partial charge in [0, 0.05) is 17.3 Å². The van der Waals surface area contributed by atoms with Crippen molar-refractivity contribution in [2.75, 3.05) is 6.67 Å². The molecule has 7 atom stereocenters. The number of aliphatic hydroxyl groups is 1. The normalized spacial score (nSPS) is 44.9. The Morgan fingerprint density at radius 1 is 1.28 bits per heavy atom. The summed E-state index contributed by atoms with van der Waals surface area (Å²) < 4.78 is 19.6. The molecule has 4 aliphatic rings. The number of carbonyl (C=O) groups is 3. The maximum atomic E-state index is 13.8. The highest BCUT2D eigenvalue weighted by Gasteiger charge is 2.74. The van der Waals surface area contributed by atoms with Crippen LogP contribution in [0.1, 0.15) is 65.7 Å². The predicted octanol–water partition coefficient (Wildman–Crippen LogP) is 4.25. The van der Waals surface area contributed by atoms with Crippen LogP contribution in [-0.2, 0) is 19.1 Å². The van der Waals surface area contributed by atoms with Gasteiger partial charge in [-0.2, -0.15) is 0 Å². The van der Waals surface area contributed by atoms with Crippen molar-refractivity contribution in [3.8, 4) is 0 Å². The largest absolute Gasteiger partial charge is 0.450 e. The number of carbonyl (C=O) groups excluding carboxylic acids is 3. The standard InChI is InChI=1S/C25H32ClFO5/c1-4-5-21(31)32-24(20(30)14-27)11-9-17-18-7-6-15-12-16(28)8-10-22(15,2)25(18,26)19(29)13-23(17,24)3/h8,10,12,17-19,29H,4-7,9,11,13-14H2,1-3H3/t17-,18-,19-,22-,23-,24-,25-/m0/s1. The summed E-state index contributed by atoms with van der Waals surface area (Å²) >= 11 is 7.36. The second kappa shape index (κ2) is 7.76. The maximum absolute atomic E-state index is 13.8. The Morgan fingerprint density at radius 2 is 2.00 bits per heavy atom. The van der Waals surface area contributed by atoms with Crippen molar-refractivity contribution in [2.24, 2.45) is 22.7 Å². The van der Waals surface area contributed by atoms with Gasteiger partial charge in [-0.05, 0) is 62.5 Å². The lowest BCUT2D eigenvalue weighted by atomic mass is 9.45. The molecule has 1 N–H and O–H groups in total. The third-order valence-electron chi connectivity index (χ3n) is 9.08. The lowest BCUT2D eigenvalue weighted by Crippen LogP contribution is -2.69. The SMILES string of the molecule is CCCC(=O)O[C@]1(C(=O)CF)CC[C@H]2[C@@H]3CCC4=CC(=O)C=C[C@]4(C)[C@@]3(Cl)[C@@H](O)C[C@@]21C. The molecule has 0 aromatic heterocycles. The molecule has 0 unspecified atom stereocenters. The van der Waals surface area contributed by atoms with E-state index in [1.807, 2.05) is 26.8 Å². The van der Waals surface area contributed by atoms with Crippen LogP contribution in [0.25, 0.3) is 0 Å². The molecule has 3 saturated carbocycles. The molecular weight excluding hydrogens is 435 g/mol. The third kappa shape index (κ3) is 2.87. The number of esters is 1. The molecule has 0 radical (unpaired) electrons. The first-order chi connectivity index (χ1) is 15.0. The molecular formula is C25H32ClFO5. The number of halogens is 2.